The molecule has 150 valence electrons. The van der Waals surface area contributed by atoms with E-state index in [-0.39, 0.29) is 5.91 Å². The van der Waals surface area contributed by atoms with Crippen LogP contribution < -0.4 is 14.4 Å². The van der Waals surface area contributed by atoms with Crippen LogP contribution in [0.5, 0.6) is 11.5 Å². The third-order valence-electron chi connectivity index (χ3n) is 5.37. The van der Waals surface area contributed by atoms with Crippen molar-refractivity contribution in [3.63, 3.8) is 0 Å². The minimum Gasteiger partial charge on any atom is -0.493 e. The third kappa shape index (κ3) is 4.47. The summed E-state index contributed by atoms with van der Waals surface area (Å²) in [5.74, 6) is 1.71. The first kappa shape index (κ1) is 20.2. The minimum absolute atomic E-state index is 0.172. The van der Waals surface area contributed by atoms with Crippen molar-refractivity contribution in [1.29, 1.82) is 0 Å². The Morgan fingerprint density at radius 2 is 1.82 bits per heavy atom. The molecule has 2 aromatic carbocycles. The highest BCUT2D eigenvalue weighted by atomic mass is 16.5. The van der Waals surface area contributed by atoms with Crippen molar-refractivity contribution >= 4 is 11.6 Å². The molecule has 28 heavy (non-hydrogen) atoms. The second kappa shape index (κ2) is 9.11. The minimum atomic E-state index is 0.172. The van der Waals surface area contributed by atoms with Crippen molar-refractivity contribution in [2.45, 2.75) is 33.2 Å². The maximum atomic E-state index is 12.8. The highest BCUT2D eigenvalue weighted by Gasteiger charge is 2.21. The number of aryl methyl sites for hydroxylation is 1. The van der Waals surface area contributed by atoms with Crippen molar-refractivity contribution in [3.8, 4) is 11.5 Å². The van der Waals surface area contributed by atoms with Gasteiger partial charge in [-0.1, -0.05) is 12.1 Å². The molecule has 0 unspecified atom stereocenters. The summed E-state index contributed by atoms with van der Waals surface area (Å²) < 4.78 is 10.8. The molecule has 0 bridgehead atoms. The van der Waals surface area contributed by atoms with E-state index in [2.05, 4.69) is 36.1 Å². The molecule has 0 saturated heterocycles. The summed E-state index contributed by atoms with van der Waals surface area (Å²) in [6.45, 7) is 7.30. The van der Waals surface area contributed by atoms with Crippen LogP contribution in [0.1, 0.15) is 30.0 Å². The zero-order valence-electron chi connectivity index (χ0n) is 17.3. The lowest BCUT2D eigenvalue weighted by Gasteiger charge is -2.30. The van der Waals surface area contributed by atoms with Crippen LogP contribution in [-0.4, -0.2) is 44.7 Å². The van der Waals surface area contributed by atoms with Crippen LogP contribution in [0.25, 0.3) is 0 Å². The standard InChI is InChI=1S/C23H30N2O3/c1-5-25(20-8-6-7-17(2)13-20)23(26)10-12-24-11-9-18-14-21(27-3)22(28-4)15-19(18)16-24/h6-8,13-15H,5,9-12,16H2,1-4H3. The molecule has 3 rings (SSSR count). The van der Waals surface area contributed by atoms with Crippen LogP contribution in [0.4, 0.5) is 5.69 Å². The number of benzene rings is 2. The highest BCUT2D eigenvalue weighted by molar-refractivity contribution is 5.93. The molecule has 0 radical (unpaired) electrons. The van der Waals surface area contributed by atoms with Crippen molar-refractivity contribution in [2.75, 3.05) is 38.8 Å². The Bertz CT molecular complexity index is 835. The largest absolute Gasteiger partial charge is 0.493 e. The first-order valence-electron chi connectivity index (χ1n) is 9.88. The first-order chi connectivity index (χ1) is 13.5. The van der Waals surface area contributed by atoms with Gasteiger partial charge in [-0.25, -0.2) is 0 Å². The molecule has 1 aliphatic heterocycles. The molecule has 1 amide bonds. The van der Waals surface area contributed by atoms with Gasteiger partial charge in [0.2, 0.25) is 5.91 Å². The topological polar surface area (TPSA) is 42.0 Å². The summed E-state index contributed by atoms with van der Waals surface area (Å²) in [4.78, 5) is 17.0. The lowest BCUT2D eigenvalue weighted by molar-refractivity contribution is -0.118. The van der Waals surface area contributed by atoms with Gasteiger partial charge in [-0.15, -0.1) is 0 Å². The maximum Gasteiger partial charge on any atom is 0.228 e. The fourth-order valence-corrected chi connectivity index (χ4v) is 3.82. The van der Waals surface area contributed by atoms with Gasteiger partial charge in [0.1, 0.15) is 0 Å². The SMILES string of the molecule is CCN(C(=O)CCN1CCc2cc(OC)c(OC)cc2C1)c1cccc(C)c1. The van der Waals surface area contributed by atoms with Crippen molar-refractivity contribution in [1.82, 2.24) is 4.90 Å². The van der Waals surface area contributed by atoms with Crippen molar-refractivity contribution < 1.29 is 14.3 Å². The lowest BCUT2D eigenvalue weighted by atomic mass is 9.98. The van der Waals surface area contributed by atoms with Crippen LogP contribution >= 0.6 is 0 Å². The zero-order chi connectivity index (χ0) is 20.1. The molecule has 0 atom stereocenters. The van der Waals surface area contributed by atoms with Gasteiger partial charge in [-0.3, -0.25) is 9.69 Å². The van der Waals surface area contributed by atoms with Gasteiger partial charge in [0.05, 0.1) is 14.2 Å². The molecule has 0 aliphatic carbocycles. The van der Waals surface area contributed by atoms with E-state index in [1.165, 1.54) is 16.7 Å². The Hall–Kier alpha value is -2.53. The molecule has 2 aromatic rings. The predicted molar refractivity (Wildman–Crippen MR) is 112 cm³/mol. The smallest absolute Gasteiger partial charge is 0.228 e. The van der Waals surface area contributed by atoms with Gasteiger partial charge in [0.25, 0.3) is 0 Å². The average molecular weight is 383 g/mol. The fourth-order valence-electron chi connectivity index (χ4n) is 3.82. The quantitative estimate of drug-likeness (QED) is 0.730. The van der Waals surface area contributed by atoms with Gasteiger partial charge in [-0.2, -0.15) is 0 Å². The molecule has 0 N–H and O–H groups in total. The molecule has 0 spiro atoms. The molecule has 5 heteroatoms. The number of carbonyl (C=O) groups is 1. The number of hydrogen-bond donors (Lipinski definition) is 0. The fraction of sp³-hybridized carbons (Fsp3) is 0.435. The van der Waals surface area contributed by atoms with Crippen LogP contribution in [0.3, 0.4) is 0 Å². The van der Waals surface area contributed by atoms with Gasteiger partial charge in [-0.05, 0) is 61.2 Å². The van der Waals surface area contributed by atoms with Gasteiger partial charge < -0.3 is 14.4 Å². The number of anilines is 1. The second-order valence-corrected chi connectivity index (χ2v) is 7.23. The van der Waals surface area contributed by atoms with Crippen molar-refractivity contribution in [3.05, 3.63) is 53.1 Å². The van der Waals surface area contributed by atoms with Crippen LogP contribution in [0.2, 0.25) is 0 Å². The van der Waals surface area contributed by atoms with Crippen LogP contribution in [0, 0.1) is 6.92 Å². The highest BCUT2D eigenvalue weighted by Crippen LogP contribution is 2.33. The Kier molecular flexibility index (Phi) is 6.57. The number of fused-ring (bicyclic) bond motifs is 1. The average Bonchev–Trinajstić information content (AvgIpc) is 2.71. The molecule has 0 fully saturated rings. The van der Waals surface area contributed by atoms with Crippen LogP contribution in [-0.2, 0) is 17.8 Å². The zero-order valence-corrected chi connectivity index (χ0v) is 17.3. The van der Waals surface area contributed by atoms with E-state index in [1.807, 2.05) is 24.0 Å². The number of rotatable bonds is 7. The number of amides is 1. The van der Waals surface area contributed by atoms with E-state index in [0.717, 1.165) is 43.2 Å². The normalized spacial score (nSPS) is 13.7. The van der Waals surface area contributed by atoms with Crippen molar-refractivity contribution in [2.24, 2.45) is 0 Å². The van der Waals surface area contributed by atoms with E-state index >= 15 is 0 Å². The van der Waals surface area contributed by atoms with E-state index in [9.17, 15) is 4.79 Å². The number of hydrogen-bond acceptors (Lipinski definition) is 4. The van der Waals surface area contributed by atoms with E-state index in [0.29, 0.717) is 13.0 Å². The molecule has 1 heterocycles. The van der Waals surface area contributed by atoms with Crippen LogP contribution in [0.15, 0.2) is 36.4 Å². The third-order valence-corrected chi connectivity index (χ3v) is 5.37. The number of ether oxygens (including phenoxy) is 2. The molecule has 5 nitrogen and oxygen atoms in total. The lowest BCUT2D eigenvalue weighted by Crippen LogP contribution is -2.36. The molecule has 0 saturated carbocycles. The maximum absolute atomic E-state index is 12.8. The summed E-state index contributed by atoms with van der Waals surface area (Å²) in [5.41, 5.74) is 4.70. The first-order valence-corrected chi connectivity index (χ1v) is 9.88. The number of carbonyl (C=O) groups excluding carboxylic acids is 1. The van der Waals surface area contributed by atoms with Gasteiger partial charge >= 0.3 is 0 Å². The Morgan fingerprint density at radius 3 is 2.46 bits per heavy atom. The summed E-state index contributed by atoms with van der Waals surface area (Å²) >= 11 is 0. The Balaban J connectivity index is 1.63. The molecule has 0 aromatic heterocycles. The van der Waals surface area contributed by atoms with Gasteiger partial charge in [0.15, 0.2) is 11.5 Å². The van der Waals surface area contributed by atoms with Gasteiger partial charge in [0, 0.05) is 38.3 Å². The summed E-state index contributed by atoms with van der Waals surface area (Å²) in [7, 11) is 3.33. The number of nitrogens with zero attached hydrogens (tertiary/aromatic N) is 2. The second-order valence-electron chi connectivity index (χ2n) is 7.23. The Morgan fingerprint density at radius 1 is 1.11 bits per heavy atom. The monoisotopic (exact) mass is 382 g/mol. The van der Waals surface area contributed by atoms with E-state index in [1.54, 1.807) is 14.2 Å². The Labute approximate surface area is 167 Å². The molecular formula is C23H30N2O3. The molecule has 1 aliphatic rings. The van der Waals surface area contributed by atoms with E-state index < -0.39 is 0 Å². The number of methoxy groups -OCH3 is 2. The van der Waals surface area contributed by atoms with E-state index in [4.69, 9.17) is 9.47 Å². The summed E-state index contributed by atoms with van der Waals surface area (Å²) in [6.07, 6.45) is 1.48. The molecular weight excluding hydrogens is 352 g/mol. The predicted octanol–water partition coefficient (Wildman–Crippen LogP) is 3.81. The summed E-state index contributed by atoms with van der Waals surface area (Å²) in [5, 5.41) is 0. The summed E-state index contributed by atoms with van der Waals surface area (Å²) in [6, 6.07) is 12.3.